The van der Waals surface area contributed by atoms with Crippen LogP contribution in [-0.2, 0) is 26.2 Å². The van der Waals surface area contributed by atoms with E-state index < -0.39 is 111 Å². The van der Waals surface area contributed by atoms with E-state index in [1.54, 1.807) is 12.3 Å². The topological polar surface area (TPSA) is 23.0 Å². The SMILES string of the molecule is CC.CCSc1c(SN2Sc3c(n(CC(C)(C)C)c(=S)n3CCC(F)(F)C(F)(F)C(F)C(F)(F)CF)S2)n(CC(C)(C)C)c(=S)n1CCC(F)(F)CF.FCC(F)(F)C(F)(F)C(F)(F)C(F)(F)F.FCC(F)(F)F. The van der Waals surface area contributed by atoms with Gasteiger partial charge >= 0.3 is 47.9 Å². The summed E-state index contributed by atoms with van der Waals surface area (Å²) in [6.45, 7) is 6.50. The number of aromatic nitrogens is 4. The maximum atomic E-state index is 14.8. The molecule has 36 heteroatoms. The van der Waals surface area contributed by atoms with Crippen LogP contribution in [0.25, 0.3) is 0 Å². The molecule has 0 amide bonds. The third-order valence-corrected chi connectivity index (χ3v) is 14.4. The molecule has 438 valence electrons. The minimum atomic E-state index is -7.00. The lowest BCUT2D eigenvalue weighted by atomic mass is 9.97. The maximum absolute atomic E-state index is 14.8. The van der Waals surface area contributed by atoms with Gasteiger partial charge in [0.05, 0.1) is 0 Å². The highest BCUT2D eigenvalue weighted by Crippen LogP contribution is 2.56. The van der Waals surface area contributed by atoms with E-state index in [0.29, 0.717) is 27.4 Å². The molecule has 1 aliphatic rings. The number of alkyl halides is 25. The Morgan fingerprint density at radius 1 is 0.527 bits per heavy atom. The van der Waals surface area contributed by atoms with Crippen molar-refractivity contribution in [3.63, 3.8) is 0 Å². The van der Waals surface area contributed by atoms with E-state index in [1.807, 2.05) is 62.3 Å². The van der Waals surface area contributed by atoms with Crippen molar-refractivity contribution in [2.24, 2.45) is 10.8 Å². The van der Waals surface area contributed by atoms with Crippen molar-refractivity contribution in [2.75, 3.05) is 32.5 Å². The number of fused-ring (bicyclic) bond motifs is 1. The summed E-state index contributed by atoms with van der Waals surface area (Å²) in [6.07, 6.45) is -18.9. The highest BCUT2D eigenvalue weighted by Gasteiger charge is 2.81. The molecule has 3 heterocycles. The zero-order valence-electron chi connectivity index (χ0n) is 40.0. The molecule has 1 unspecified atom stereocenters. The molecular weight excluding hydrogens is 1190 g/mol. The van der Waals surface area contributed by atoms with Gasteiger partial charge in [-0.1, -0.05) is 62.3 Å². The van der Waals surface area contributed by atoms with Gasteiger partial charge in [-0.2, -0.15) is 70.2 Å². The van der Waals surface area contributed by atoms with Gasteiger partial charge in [-0.25, -0.2) is 39.5 Å². The van der Waals surface area contributed by atoms with Crippen molar-refractivity contribution in [1.29, 1.82) is 0 Å². The fraction of sp³-hybridized carbons (Fsp3) is 0.842. The summed E-state index contributed by atoms with van der Waals surface area (Å²) in [4.78, 5) is 0. The molecule has 0 aliphatic carbocycles. The average Bonchev–Trinajstić information content (AvgIpc) is 3.85. The molecule has 1 aliphatic heterocycles. The van der Waals surface area contributed by atoms with Crippen LogP contribution in [0, 0.1) is 20.4 Å². The zero-order chi connectivity index (χ0) is 59.0. The van der Waals surface area contributed by atoms with Gasteiger partial charge in [0, 0.05) is 74.9 Å². The largest absolute Gasteiger partial charge is 0.460 e. The first-order valence-corrected chi connectivity index (χ1v) is 24.9. The van der Waals surface area contributed by atoms with Crippen molar-refractivity contribution in [3.8, 4) is 0 Å². The molecule has 1 atom stereocenters. The lowest BCUT2D eigenvalue weighted by Crippen LogP contribution is -2.61. The summed E-state index contributed by atoms with van der Waals surface area (Å²) >= 11 is 15.9. The van der Waals surface area contributed by atoms with Crippen LogP contribution >= 0.6 is 72.0 Å². The van der Waals surface area contributed by atoms with Crippen molar-refractivity contribution in [1.82, 2.24) is 21.4 Å². The lowest BCUT2D eigenvalue weighted by Gasteiger charge is -2.32. The van der Waals surface area contributed by atoms with E-state index in [2.05, 4.69) is 0 Å². The van der Waals surface area contributed by atoms with Crippen molar-refractivity contribution < 1.29 is 110 Å². The summed E-state index contributed by atoms with van der Waals surface area (Å²) in [6, 6.07) is 0. The van der Waals surface area contributed by atoms with Gasteiger partial charge in [-0.15, -0.1) is 14.9 Å². The quantitative estimate of drug-likeness (QED) is 0.0563. The van der Waals surface area contributed by atoms with Crippen LogP contribution < -0.4 is 0 Å². The molecule has 0 N–H and O–H groups in total. The van der Waals surface area contributed by atoms with E-state index in [-0.39, 0.29) is 33.1 Å². The van der Waals surface area contributed by atoms with Gasteiger partial charge in [0.25, 0.3) is 5.92 Å². The first-order valence-electron chi connectivity index (χ1n) is 20.8. The Labute approximate surface area is 435 Å². The third-order valence-electron chi connectivity index (χ3n) is 8.73. The molecule has 0 bridgehead atoms. The van der Waals surface area contributed by atoms with Crippen molar-refractivity contribution in [3.05, 3.63) is 9.54 Å². The molecule has 3 rings (SSSR count). The van der Waals surface area contributed by atoms with Gasteiger partial charge < -0.3 is 18.3 Å². The van der Waals surface area contributed by atoms with Gasteiger partial charge in [-0.05, 0) is 41.0 Å². The summed E-state index contributed by atoms with van der Waals surface area (Å²) < 4.78 is 319. The van der Waals surface area contributed by atoms with Crippen LogP contribution in [0.2, 0.25) is 0 Å². The van der Waals surface area contributed by atoms with Crippen LogP contribution in [0.15, 0.2) is 20.1 Å². The monoisotopic (exact) mass is 1240 g/mol. The van der Waals surface area contributed by atoms with Gasteiger partial charge in [0.2, 0.25) is 6.17 Å². The smallest absolute Gasteiger partial charge is 0.311 e. The molecule has 2 aromatic heterocycles. The molecule has 5 nitrogen and oxygen atoms in total. The molecule has 0 spiro atoms. The lowest BCUT2D eigenvalue weighted by molar-refractivity contribution is -0.397. The van der Waals surface area contributed by atoms with E-state index in [4.69, 9.17) is 24.4 Å². The Morgan fingerprint density at radius 2 is 0.946 bits per heavy atom. The van der Waals surface area contributed by atoms with Crippen LogP contribution in [0.1, 0.15) is 75.2 Å². The van der Waals surface area contributed by atoms with Crippen LogP contribution in [-0.4, -0.2) is 114 Å². The highest BCUT2D eigenvalue weighted by molar-refractivity contribution is 8.27. The van der Waals surface area contributed by atoms with Crippen LogP contribution in [0.4, 0.5) is 110 Å². The Balaban J connectivity index is 0.00000192. The second-order valence-electron chi connectivity index (χ2n) is 17.6. The first-order chi connectivity index (χ1) is 33.0. The summed E-state index contributed by atoms with van der Waals surface area (Å²) in [5, 5.41) is 1.84. The van der Waals surface area contributed by atoms with Gasteiger partial charge in [0.15, 0.2) is 36.2 Å². The summed E-state index contributed by atoms with van der Waals surface area (Å²) in [5.74, 6) is -39.5. The minimum absolute atomic E-state index is 0.0256. The molecule has 0 saturated heterocycles. The maximum Gasteiger partial charge on any atom is 0.460 e. The number of halogens is 25. The number of nitrogens with zero attached hydrogens (tertiary/aromatic N) is 5. The first kappa shape index (κ1) is 72.5. The fourth-order valence-corrected chi connectivity index (χ4v) is 11.0. The molecular formula is C38H50F25N5S6. The number of thioether (sulfide) groups is 1. The zero-order valence-corrected chi connectivity index (χ0v) is 44.9. The number of imidazole rings is 2. The third kappa shape index (κ3) is 18.5. The van der Waals surface area contributed by atoms with E-state index in [9.17, 15) is 110 Å². The highest BCUT2D eigenvalue weighted by atomic mass is 32.3. The second kappa shape index (κ2) is 26.6. The molecule has 0 radical (unpaired) electrons. The molecule has 0 saturated carbocycles. The normalized spacial score (nSPS) is 15.2. The predicted octanol–water partition coefficient (Wildman–Crippen LogP) is 18.2. The number of hydrogen-bond acceptors (Lipinski definition) is 7. The van der Waals surface area contributed by atoms with Crippen molar-refractivity contribution in [2.45, 2.75) is 181 Å². The van der Waals surface area contributed by atoms with Crippen molar-refractivity contribution >= 4 is 72.0 Å². The number of hydrogen-bond donors (Lipinski definition) is 0. The fourth-order valence-electron chi connectivity index (χ4n) is 5.30. The minimum Gasteiger partial charge on any atom is -0.311 e. The standard InChI is InChI=1S/C29H40F11N5S6.C5H2F10.C2H2F4.C2H6/c1-8-48-17-18(43(15-24(2,3)4)22(46)41(17)11-9-26(33,34)13-30)49-45-50-19-20(51-45)44(16-25(5,6)7)23(47)42(19)12-10-28(37,38)29(39,40)21(32)27(35,36)14-31;6-1-2(7,8)3(9,10)4(11,12)5(13,14)15;3-1-2(4,5)6;1-2/h21H,8-16H2,1-7H3;1H2;1H2;1-2H3. The second-order valence-corrected chi connectivity index (χ2v) is 23.1. The molecule has 0 aromatic carbocycles. The average molecular weight is 1240 g/mol. The number of rotatable bonds is 20. The summed E-state index contributed by atoms with van der Waals surface area (Å²) in [7, 11) is 0. The van der Waals surface area contributed by atoms with Gasteiger partial charge in [0.1, 0.15) is 20.1 Å². The van der Waals surface area contributed by atoms with Crippen LogP contribution in [0.5, 0.6) is 0 Å². The van der Waals surface area contributed by atoms with Gasteiger partial charge in [-0.3, -0.25) is 0 Å². The van der Waals surface area contributed by atoms with E-state index in [1.165, 1.54) is 16.3 Å². The Morgan fingerprint density at radius 3 is 1.32 bits per heavy atom. The molecule has 0 fully saturated rings. The molecule has 2 aromatic rings. The Kier molecular flexibility index (Phi) is 26.1. The Bertz CT molecular complexity index is 2190. The Hall–Kier alpha value is -1.53. The van der Waals surface area contributed by atoms with E-state index in [0.717, 1.165) is 40.4 Å². The molecule has 74 heavy (non-hydrogen) atoms. The summed E-state index contributed by atoms with van der Waals surface area (Å²) in [5.41, 5.74) is -0.758. The van der Waals surface area contributed by atoms with E-state index >= 15 is 0 Å². The predicted molar refractivity (Wildman–Crippen MR) is 237 cm³/mol. The van der Waals surface area contributed by atoms with Crippen LogP contribution in [0.3, 0.4) is 0 Å².